The van der Waals surface area contributed by atoms with Crippen LogP contribution in [0.1, 0.15) is 17.3 Å². The SMILES string of the molecule is CC(=O)c1ccccc1NC(=O)CSc1n[nH]c(=O)[nH]c1=O. The number of amides is 1. The van der Waals surface area contributed by atoms with Gasteiger partial charge in [0.2, 0.25) is 5.91 Å². The van der Waals surface area contributed by atoms with Gasteiger partial charge in [-0.15, -0.1) is 0 Å². The Hall–Kier alpha value is -2.68. The highest BCUT2D eigenvalue weighted by molar-refractivity contribution is 7.99. The molecule has 0 bridgehead atoms. The Morgan fingerprint density at radius 3 is 2.68 bits per heavy atom. The van der Waals surface area contributed by atoms with Crippen LogP contribution in [0.3, 0.4) is 0 Å². The highest BCUT2D eigenvalue weighted by Crippen LogP contribution is 2.16. The first kappa shape index (κ1) is 15.7. The molecule has 0 aliphatic rings. The molecule has 22 heavy (non-hydrogen) atoms. The van der Waals surface area contributed by atoms with Crippen molar-refractivity contribution in [3.63, 3.8) is 0 Å². The van der Waals surface area contributed by atoms with E-state index in [2.05, 4.69) is 15.5 Å². The van der Waals surface area contributed by atoms with Crippen molar-refractivity contribution in [3.8, 4) is 0 Å². The fraction of sp³-hybridized carbons (Fsp3) is 0.154. The minimum absolute atomic E-state index is 0.0189. The number of aromatic nitrogens is 3. The number of hydrogen-bond donors (Lipinski definition) is 3. The van der Waals surface area contributed by atoms with Crippen LogP contribution >= 0.6 is 11.8 Å². The van der Waals surface area contributed by atoms with E-state index >= 15 is 0 Å². The van der Waals surface area contributed by atoms with E-state index in [1.807, 2.05) is 4.98 Å². The third kappa shape index (κ3) is 3.92. The molecule has 1 heterocycles. The van der Waals surface area contributed by atoms with Crippen molar-refractivity contribution >= 4 is 29.1 Å². The maximum absolute atomic E-state index is 11.9. The molecule has 0 aliphatic carbocycles. The van der Waals surface area contributed by atoms with Crippen LogP contribution in [0.25, 0.3) is 0 Å². The van der Waals surface area contributed by atoms with Gasteiger partial charge in [-0.05, 0) is 19.1 Å². The third-order valence-corrected chi connectivity index (χ3v) is 3.56. The Labute approximate surface area is 128 Å². The van der Waals surface area contributed by atoms with E-state index in [1.165, 1.54) is 6.92 Å². The lowest BCUT2D eigenvalue weighted by atomic mass is 10.1. The summed E-state index contributed by atoms with van der Waals surface area (Å²) in [7, 11) is 0. The Morgan fingerprint density at radius 2 is 2.00 bits per heavy atom. The Balaban J connectivity index is 2.03. The minimum atomic E-state index is -0.714. The number of ketones is 1. The maximum Gasteiger partial charge on any atom is 0.342 e. The molecule has 0 fully saturated rings. The molecule has 2 rings (SSSR count). The van der Waals surface area contributed by atoms with Crippen LogP contribution in [0, 0.1) is 0 Å². The number of rotatable bonds is 5. The number of carbonyl (C=O) groups is 2. The van der Waals surface area contributed by atoms with E-state index < -0.39 is 17.2 Å². The maximum atomic E-state index is 11.9. The second kappa shape index (κ2) is 6.85. The molecule has 0 unspecified atom stereocenters. The lowest BCUT2D eigenvalue weighted by Crippen LogP contribution is -2.25. The number of anilines is 1. The summed E-state index contributed by atoms with van der Waals surface area (Å²) in [6.45, 7) is 1.41. The lowest BCUT2D eigenvalue weighted by molar-refractivity contribution is -0.113. The van der Waals surface area contributed by atoms with Gasteiger partial charge in [0.1, 0.15) is 0 Å². The van der Waals surface area contributed by atoms with E-state index in [0.29, 0.717) is 11.3 Å². The molecule has 3 N–H and O–H groups in total. The molecule has 2 aromatic rings. The van der Waals surface area contributed by atoms with Gasteiger partial charge < -0.3 is 5.32 Å². The summed E-state index contributed by atoms with van der Waals surface area (Å²) < 4.78 is 0. The van der Waals surface area contributed by atoms with E-state index in [4.69, 9.17) is 0 Å². The largest absolute Gasteiger partial charge is 0.342 e. The zero-order valence-electron chi connectivity index (χ0n) is 11.5. The van der Waals surface area contributed by atoms with Gasteiger partial charge in [-0.1, -0.05) is 23.9 Å². The topological polar surface area (TPSA) is 125 Å². The van der Waals surface area contributed by atoms with Crippen molar-refractivity contribution < 1.29 is 9.59 Å². The predicted octanol–water partition coefficient (Wildman–Crippen LogP) is 0.392. The van der Waals surface area contributed by atoms with Crippen molar-refractivity contribution in [2.45, 2.75) is 11.9 Å². The molecular formula is C13H12N4O4S. The summed E-state index contributed by atoms with van der Waals surface area (Å²) >= 11 is 0.875. The second-order valence-corrected chi connectivity index (χ2v) is 5.21. The molecule has 114 valence electrons. The number of aromatic amines is 2. The summed E-state index contributed by atoms with van der Waals surface area (Å²) in [6.07, 6.45) is 0. The van der Waals surface area contributed by atoms with Gasteiger partial charge in [-0.25, -0.2) is 9.89 Å². The summed E-state index contributed by atoms with van der Waals surface area (Å²) in [6, 6.07) is 6.62. The number of nitrogens with one attached hydrogen (secondary N) is 3. The molecule has 8 nitrogen and oxygen atoms in total. The smallest absolute Gasteiger partial charge is 0.325 e. The molecule has 0 spiro atoms. The lowest BCUT2D eigenvalue weighted by Gasteiger charge is -2.08. The van der Waals surface area contributed by atoms with Crippen LogP contribution in [0.4, 0.5) is 5.69 Å². The van der Waals surface area contributed by atoms with Crippen molar-refractivity contribution in [2.24, 2.45) is 0 Å². The zero-order valence-corrected chi connectivity index (χ0v) is 12.3. The van der Waals surface area contributed by atoms with E-state index in [9.17, 15) is 19.2 Å². The number of carbonyl (C=O) groups excluding carboxylic acids is 2. The van der Waals surface area contributed by atoms with Crippen molar-refractivity contribution in [1.82, 2.24) is 15.2 Å². The van der Waals surface area contributed by atoms with Crippen LogP contribution in [-0.4, -0.2) is 32.6 Å². The molecule has 1 amide bonds. The van der Waals surface area contributed by atoms with Crippen LogP contribution in [0.15, 0.2) is 38.9 Å². The van der Waals surface area contributed by atoms with E-state index in [0.717, 1.165) is 11.8 Å². The number of H-pyrrole nitrogens is 2. The quantitative estimate of drug-likeness (QED) is 0.541. The summed E-state index contributed by atoms with van der Waals surface area (Å²) in [5.41, 5.74) is -0.565. The first-order valence-corrected chi connectivity index (χ1v) is 7.17. The van der Waals surface area contributed by atoms with Crippen LogP contribution in [0.2, 0.25) is 0 Å². The fourth-order valence-corrected chi connectivity index (χ4v) is 2.29. The first-order chi connectivity index (χ1) is 10.5. The zero-order chi connectivity index (χ0) is 16.1. The monoisotopic (exact) mass is 320 g/mol. The molecule has 9 heteroatoms. The van der Waals surface area contributed by atoms with Crippen molar-refractivity contribution in [1.29, 1.82) is 0 Å². The van der Waals surface area contributed by atoms with Gasteiger partial charge in [0, 0.05) is 5.56 Å². The second-order valence-electron chi connectivity index (χ2n) is 4.25. The Bertz CT molecular complexity index is 827. The van der Waals surface area contributed by atoms with Gasteiger partial charge in [0.05, 0.1) is 11.4 Å². The normalized spacial score (nSPS) is 10.2. The number of benzene rings is 1. The number of nitrogens with zero attached hydrogens (tertiary/aromatic N) is 1. The highest BCUT2D eigenvalue weighted by atomic mass is 32.2. The van der Waals surface area contributed by atoms with E-state index in [-0.39, 0.29) is 16.6 Å². The first-order valence-electron chi connectivity index (χ1n) is 6.19. The Morgan fingerprint density at radius 1 is 1.27 bits per heavy atom. The summed E-state index contributed by atoms with van der Waals surface area (Å²) in [4.78, 5) is 47.6. The van der Waals surface area contributed by atoms with Gasteiger partial charge in [0.25, 0.3) is 5.56 Å². The van der Waals surface area contributed by atoms with Crippen LogP contribution in [-0.2, 0) is 4.79 Å². The average molecular weight is 320 g/mol. The summed E-state index contributed by atoms with van der Waals surface area (Å²) in [5, 5.41) is 8.21. The summed E-state index contributed by atoms with van der Waals surface area (Å²) in [5.74, 6) is -0.651. The number of thioether (sulfide) groups is 1. The number of hydrogen-bond acceptors (Lipinski definition) is 6. The van der Waals surface area contributed by atoms with Gasteiger partial charge in [-0.3, -0.25) is 19.4 Å². The average Bonchev–Trinajstić information content (AvgIpc) is 2.46. The molecule has 0 saturated carbocycles. The van der Waals surface area contributed by atoms with Gasteiger partial charge in [-0.2, -0.15) is 5.10 Å². The number of Topliss-reactive ketones (excluding diaryl/α,β-unsaturated/α-hetero) is 1. The molecule has 0 aliphatic heterocycles. The van der Waals surface area contributed by atoms with Crippen molar-refractivity contribution in [3.05, 3.63) is 50.7 Å². The van der Waals surface area contributed by atoms with Crippen LogP contribution in [0.5, 0.6) is 0 Å². The highest BCUT2D eigenvalue weighted by Gasteiger charge is 2.11. The third-order valence-electron chi connectivity index (χ3n) is 2.60. The fourth-order valence-electron chi connectivity index (χ4n) is 1.65. The number of para-hydroxylation sites is 1. The van der Waals surface area contributed by atoms with Gasteiger partial charge in [0.15, 0.2) is 10.8 Å². The van der Waals surface area contributed by atoms with Crippen LogP contribution < -0.4 is 16.6 Å². The molecular weight excluding hydrogens is 308 g/mol. The van der Waals surface area contributed by atoms with Crippen molar-refractivity contribution in [2.75, 3.05) is 11.1 Å². The molecule has 1 aromatic carbocycles. The molecule has 0 radical (unpaired) electrons. The molecule has 1 aromatic heterocycles. The minimum Gasteiger partial charge on any atom is -0.325 e. The van der Waals surface area contributed by atoms with E-state index in [1.54, 1.807) is 24.3 Å². The Kier molecular flexibility index (Phi) is 4.89. The molecule has 0 saturated heterocycles. The molecule has 0 atom stereocenters. The van der Waals surface area contributed by atoms with Gasteiger partial charge >= 0.3 is 5.69 Å². The standard InChI is InChI=1S/C13H12N4O4S/c1-7(18)8-4-2-3-5-9(8)14-10(19)6-22-12-11(20)15-13(21)17-16-12/h2-5H,6H2,1H3,(H,14,19)(H2,15,17,20,21). The predicted molar refractivity (Wildman–Crippen MR) is 81.3 cm³/mol.